The minimum absolute atomic E-state index is 0.876. The first-order chi connectivity index (χ1) is 12.9. The van der Waals surface area contributed by atoms with Crippen molar-refractivity contribution in [3.63, 3.8) is 0 Å². The highest BCUT2D eigenvalue weighted by Gasteiger charge is 2.08. The lowest BCUT2D eigenvalue weighted by Crippen LogP contribution is -2.16. The van der Waals surface area contributed by atoms with Crippen LogP contribution in [0.15, 0.2) is 46.6 Å². The van der Waals surface area contributed by atoms with Crippen LogP contribution in [0.5, 0.6) is 0 Å². The van der Waals surface area contributed by atoms with Crippen LogP contribution in [0.1, 0.15) is 22.3 Å². The van der Waals surface area contributed by atoms with E-state index in [4.69, 9.17) is 0 Å². The van der Waals surface area contributed by atoms with E-state index in [1.807, 2.05) is 24.3 Å². The van der Waals surface area contributed by atoms with E-state index in [1.54, 1.807) is 0 Å². The van der Waals surface area contributed by atoms with Gasteiger partial charge in [-0.3, -0.25) is 0 Å². The van der Waals surface area contributed by atoms with Crippen molar-refractivity contribution in [3.05, 3.63) is 58.7 Å². The highest BCUT2D eigenvalue weighted by Crippen LogP contribution is 2.25. The van der Waals surface area contributed by atoms with Crippen molar-refractivity contribution in [1.82, 2.24) is 0 Å². The normalized spacial score (nSPS) is 11.6. The van der Waals surface area contributed by atoms with Crippen molar-refractivity contribution in [2.45, 2.75) is 53.1 Å². The fourth-order valence-corrected chi connectivity index (χ4v) is 3.36. The predicted octanol–water partition coefficient (Wildman–Crippen LogP) is 7.18. The van der Waals surface area contributed by atoms with E-state index >= 15 is 0 Å². The second-order valence-corrected chi connectivity index (χ2v) is 18.7. The van der Waals surface area contributed by atoms with Crippen LogP contribution in [0, 0.1) is 36.8 Å². The third-order valence-electron chi connectivity index (χ3n) is 3.82. The number of hydrogen-bond acceptors (Lipinski definition) is 2. The van der Waals surface area contributed by atoms with Crippen LogP contribution in [-0.2, 0) is 0 Å². The minimum Gasteiger partial charge on any atom is -0.150 e. The Morgan fingerprint density at radius 2 is 0.964 bits per heavy atom. The van der Waals surface area contributed by atoms with Gasteiger partial charge in [-0.15, -0.1) is 11.1 Å². The van der Waals surface area contributed by atoms with Crippen molar-refractivity contribution >= 4 is 27.5 Å². The quantitative estimate of drug-likeness (QED) is 0.289. The first-order valence-corrected chi connectivity index (χ1v) is 16.6. The molecule has 0 aromatic heterocycles. The standard InChI is InChI=1S/C24H30N2Si2/c1-19-17-21(13-15-27(3,4)5)9-11-23(19)25-26-24-12-10-22(18-20(24)2)14-16-28(6,7)8/h9-12,17-18H,1-8H3. The summed E-state index contributed by atoms with van der Waals surface area (Å²) >= 11 is 0. The van der Waals surface area contributed by atoms with Gasteiger partial charge in [0.25, 0.3) is 0 Å². The lowest BCUT2D eigenvalue weighted by molar-refractivity contribution is 1.19. The zero-order chi connectivity index (χ0) is 20.9. The molecular formula is C24H30N2Si2. The molecule has 0 aliphatic carbocycles. The molecule has 2 aromatic rings. The van der Waals surface area contributed by atoms with E-state index < -0.39 is 16.1 Å². The molecule has 0 bridgehead atoms. The molecule has 0 aliphatic rings. The Labute approximate surface area is 172 Å². The molecule has 0 heterocycles. The lowest BCUT2D eigenvalue weighted by atomic mass is 10.1. The molecule has 0 spiro atoms. The third kappa shape index (κ3) is 7.31. The summed E-state index contributed by atoms with van der Waals surface area (Å²) in [6.45, 7) is 17.6. The van der Waals surface area contributed by atoms with Gasteiger partial charge in [0.15, 0.2) is 0 Å². The van der Waals surface area contributed by atoms with Crippen molar-refractivity contribution < 1.29 is 0 Å². The van der Waals surface area contributed by atoms with Gasteiger partial charge in [-0.2, -0.15) is 10.2 Å². The predicted molar refractivity (Wildman–Crippen MR) is 127 cm³/mol. The molecule has 0 amide bonds. The first-order valence-electron chi connectivity index (χ1n) is 9.62. The molecule has 0 radical (unpaired) electrons. The second kappa shape index (κ2) is 8.73. The molecule has 2 rings (SSSR count). The minimum atomic E-state index is -1.37. The largest absolute Gasteiger partial charge is 0.150 e. The molecule has 0 saturated heterocycles. The number of aryl methyl sites for hydroxylation is 2. The molecule has 4 heteroatoms. The zero-order valence-corrected chi connectivity index (χ0v) is 20.4. The van der Waals surface area contributed by atoms with E-state index in [2.05, 4.69) is 98.4 Å². The number of nitrogens with zero attached hydrogens (tertiary/aromatic N) is 2. The Kier molecular flexibility index (Phi) is 6.83. The highest BCUT2D eigenvalue weighted by molar-refractivity contribution is 6.84. The van der Waals surface area contributed by atoms with Crippen LogP contribution in [-0.4, -0.2) is 16.1 Å². The molecule has 2 nitrogen and oxygen atoms in total. The van der Waals surface area contributed by atoms with Gasteiger partial charge in [0, 0.05) is 11.1 Å². The summed E-state index contributed by atoms with van der Waals surface area (Å²) in [7, 11) is -2.74. The van der Waals surface area contributed by atoms with Gasteiger partial charge in [0.05, 0.1) is 11.4 Å². The van der Waals surface area contributed by atoms with Crippen molar-refractivity contribution in [2.24, 2.45) is 10.2 Å². The van der Waals surface area contributed by atoms with Crippen LogP contribution in [0.3, 0.4) is 0 Å². The van der Waals surface area contributed by atoms with Gasteiger partial charge in [-0.25, -0.2) is 0 Å². The smallest absolute Gasteiger partial charge is 0.129 e. The summed E-state index contributed by atoms with van der Waals surface area (Å²) in [4.78, 5) is 0. The fraction of sp³-hybridized carbons (Fsp3) is 0.333. The highest BCUT2D eigenvalue weighted by atomic mass is 28.3. The second-order valence-electron chi connectivity index (χ2n) is 9.20. The van der Waals surface area contributed by atoms with E-state index in [0.29, 0.717) is 0 Å². The van der Waals surface area contributed by atoms with Crippen LogP contribution in [0.2, 0.25) is 39.3 Å². The third-order valence-corrected chi connectivity index (χ3v) is 5.57. The molecule has 0 unspecified atom stereocenters. The number of azo groups is 1. The van der Waals surface area contributed by atoms with Gasteiger partial charge < -0.3 is 0 Å². The van der Waals surface area contributed by atoms with E-state index in [1.165, 1.54) is 0 Å². The van der Waals surface area contributed by atoms with E-state index in [-0.39, 0.29) is 0 Å². The lowest BCUT2D eigenvalue weighted by Gasteiger charge is -2.05. The summed E-state index contributed by atoms with van der Waals surface area (Å²) in [5, 5.41) is 8.92. The summed E-state index contributed by atoms with van der Waals surface area (Å²) in [5.74, 6) is 6.59. The van der Waals surface area contributed by atoms with E-state index in [9.17, 15) is 0 Å². The molecule has 0 N–H and O–H groups in total. The van der Waals surface area contributed by atoms with Gasteiger partial charge >= 0.3 is 0 Å². The van der Waals surface area contributed by atoms with Gasteiger partial charge in [0.2, 0.25) is 0 Å². The average molecular weight is 403 g/mol. The SMILES string of the molecule is Cc1cc(C#C[Si](C)(C)C)ccc1N=Nc1ccc(C#C[Si](C)(C)C)cc1C. The number of benzene rings is 2. The number of hydrogen-bond donors (Lipinski definition) is 0. The monoisotopic (exact) mass is 402 g/mol. The Hall–Kier alpha value is -2.41. The Morgan fingerprint density at radius 1 is 0.607 bits per heavy atom. The van der Waals surface area contributed by atoms with Gasteiger partial charge in [0.1, 0.15) is 16.1 Å². The molecule has 144 valence electrons. The van der Waals surface area contributed by atoms with Crippen molar-refractivity contribution in [3.8, 4) is 22.9 Å². The van der Waals surface area contributed by atoms with Gasteiger partial charge in [-0.1, -0.05) is 51.1 Å². The molecule has 0 fully saturated rings. The molecule has 2 aromatic carbocycles. The molecule has 0 saturated carbocycles. The van der Waals surface area contributed by atoms with Crippen molar-refractivity contribution in [2.75, 3.05) is 0 Å². The van der Waals surface area contributed by atoms with Crippen LogP contribution in [0.4, 0.5) is 11.4 Å². The summed E-state index contributed by atoms with van der Waals surface area (Å²) in [5.41, 5.74) is 12.8. The summed E-state index contributed by atoms with van der Waals surface area (Å²) < 4.78 is 0. The topological polar surface area (TPSA) is 24.7 Å². The maximum absolute atomic E-state index is 4.46. The van der Waals surface area contributed by atoms with E-state index in [0.717, 1.165) is 33.6 Å². The molecular weight excluding hydrogens is 372 g/mol. The maximum Gasteiger partial charge on any atom is 0.129 e. The molecule has 0 aliphatic heterocycles. The van der Waals surface area contributed by atoms with Gasteiger partial charge in [-0.05, 0) is 61.4 Å². The Bertz CT molecular complexity index is 932. The fourth-order valence-electron chi connectivity index (χ4n) is 2.32. The molecule has 0 atom stereocenters. The maximum atomic E-state index is 4.46. The summed E-state index contributed by atoms with van der Waals surface area (Å²) in [6.07, 6.45) is 0. The molecule has 28 heavy (non-hydrogen) atoms. The number of rotatable bonds is 2. The Morgan fingerprint density at radius 3 is 1.25 bits per heavy atom. The van der Waals surface area contributed by atoms with Crippen LogP contribution in [0.25, 0.3) is 0 Å². The Balaban J connectivity index is 2.21. The zero-order valence-electron chi connectivity index (χ0n) is 18.4. The van der Waals surface area contributed by atoms with Crippen molar-refractivity contribution in [1.29, 1.82) is 0 Å². The van der Waals surface area contributed by atoms with Crippen LogP contribution >= 0.6 is 0 Å². The summed E-state index contributed by atoms with van der Waals surface area (Å²) in [6, 6.07) is 12.2. The van der Waals surface area contributed by atoms with Crippen LogP contribution < -0.4 is 0 Å². The average Bonchev–Trinajstić information content (AvgIpc) is 2.57. The first kappa shape index (κ1) is 21.9.